The Kier molecular flexibility index (Phi) is 3.11. The third-order valence-electron chi connectivity index (χ3n) is 3.58. The highest BCUT2D eigenvalue weighted by Crippen LogP contribution is 2.12. The van der Waals surface area contributed by atoms with Gasteiger partial charge in [-0.3, -0.25) is 0 Å². The van der Waals surface area contributed by atoms with Gasteiger partial charge < -0.3 is 9.88 Å². The summed E-state index contributed by atoms with van der Waals surface area (Å²) in [5.74, 6) is 2.19. The Morgan fingerprint density at radius 1 is 1.22 bits per heavy atom. The predicted octanol–water partition coefficient (Wildman–Crippen LogP) is 1.47. The summed E-state index contributed by atoms with van der Waals surface area (Å²) in [7, 11) is 0. The van der Waals surface area contributed by atoms with E-state index in [9.17, 15) is 0 Å². The molecule has 4 nitrogen and oxygen atoms in total. The van der Waals surface area contributed by atoms with Crippen molar-refractivity contribution in [2.45, 2.75) is 32.9 Å². The van der Waals surface area contributed by atoms with Crippen LogP contribution in [0, 0.1) is 6.92 Å². The lowest BCUT2D eigenvalue weighted by Gasteiger charge is -2.16. The van der Waals surface area contributed by atoms with E-state index in [-0.39, 0.29) is 0 Å². The molecule has 0 amide bonds. The molecule has 1 N–H and O–H groups in total. The first-order valence-electron chi connectivity index (χ1n) is 6.51. The van der Waals surface area contributed by atoms with Gasteiger partial charge in [0.05, 0.1) is 6.54 Å². The van der Waals surface area contributed by atoms with E-state index in [1.165, 1.54) is 11.1 Å². The van der Waals surface area contributed by atoms with Crippen LogP contribution in [0.5, 0.6) is 0 Å². The Balaban J connectivity index is 1.74. The molecule has 1 aliphatic heterocycles. The van der Waals surface area contributed by atoms with Crippen molar-refractivity contribution in [1.82, 2.24) is 20.1 Å². The molecular weight excluding hydrogens is 224 g/mol. The molecule has 1 aromatic carbocycles. The van der Waals surface area contributed by atoms with E-state index in [0.717, 1.165) is 44.1 Å². The fourth-order valence-corrected chi connectivity index (χ4v) is 2.47. The van der Waals surface area contributed by atoms with Gasteiger partial charge in [0.25, 0.3) is 0 Å². The lowest BCUT2D eigenvalue weighted by molar-refractivity contribution is 0.493. The van der Waals surface area contributed by atoms with E-state index in [4.69, 9.17) is 0 Å². The number of hydrogen-bond donors (Lipinski definition) is 1. The number of aryl methyl sites for hydroxylation is 3. The molecule has 0 unspecified atom stereocenters. The highest BCUT2D eigenvalue weighted by molar-refractivity contribution is 5.26. The van der Waals surface area contributed by atoms with Crippen LogP contribution >= 0.6 is 0 Å². The van der Waals surface area contributed by atoms with Crippen molar-refractivity contribution in [2.75, 3.05) is 6.54 Å². The van der Waals surface area contributed by atoms with Crippen LogP contribution in [0.15, 0.2) is 24.3 Å². The van der Waals surface area contributed by atoms with Gasteiger partial charge in [0, 0.05) is 19.5 Å². The molecule has 4 heteroatoms. The van der Waals surface area contributed by atoms with Crippen LogP contribution in [0.4, 0.5) is 0 Å². The summed E-state index contributed by atoms with van der Waals surface area (Å²) < 4.78 is 2.26. The molecule has 94 valence electrons. The summed E-state index contributed by atoms with van der Waals surface area (Å²) in [6, 6.07) is 8.55. The molecule has 0 radical (unpaired) electrons. The Morgan fingerprint density at radius 2 is 2.11 bits per heavy atom. The van der Waals surface area contributed by atoms with Gasteiger partial charge in [-0.25, -0.2) is 0 Å². The van der Waals surface area contributed by atoms with Gasteiger partial charge in [-0.15, -0.1) is 10.2 Å². The molecule has 0 fully saturated rings. The lowest BCUT2D eigenvalue weighted by Crippen LogP contribution is -2.29. The third kappa shape index (κ3) is 2.16. The van der Waals surface area contributed by atoms with E-state index in [0.29, 0.717) is 0 Å². The molecule has 0 spiro atoms. The molecular formula is C14H18N4. The van der Waals surface area contributed by atoms with Gasteiger partial charge in [0.1, 0.15) is 11.6 Å². The fourth-order valence-electron chi connectivity index (χ4n) is 2.47. The maximum atomic E-state index is 4.32. The maximum Gasteiger partial charge on any atom is 0.147 e. The first kappa shape index (κ1) is 11.4. The molecule has 0 saturated carbocycles. The molecule has 0 bridgehead atoms. The Bertz CT molecular complexity index is 544. The standard InChI is InChI=1S/C14H18N4/c1-11-4-2-3-5-12(11)6-7-13-16-17-14-10-15-8-9-18(13)14/h2-5,15H,6-10H2,1H3. The molecule has 0 saturated heterocycles. The van der Waals surface area contributed by atoms with Crippen LogP contribution in [0.1, 0.15) is 22.8 Å². The molecule has 1 aliphatic rings. The molecule has 0 aliphatic carbocycles. The second-order valence-corrected chi connectivity index (χ2v) is 4.79. The molecule has 0 atom stereocenters. The second kappa shape index (κ2) is 4.90. The summed E-state index contributed by atoms with van der Waals surface area (Å²) in [6.07, 6.45) is 2.01. The topological polar surface area (TPSA) is 42.7 Å². The van der Waals surface area contributed by atoms with Gasteiger partial charge in [0.2, 0.25) is 0 Å². The van der Waals surface area contributed by atoms with Crippen molar-refractivity contribution in [2.24, 2.45) is 0 Å². The summed E-state index contributed by atoms with van der Waals surface area (Å²) in [5.41, 5.74) is 2.77. The molecule has 1 aromatic heterocycles. The monoisotopic (exact) mass is 242 g/mol. The van der Waals surface area contributed by atoms with Gasteiger partial charge in [0.15, 0.2) is 0 Å². The van der Waals surface area contributed by atoms with Crippen molar-refractivity contribution >= 4 is 0 Å². The zero-order valence-corrected chi connectivity index (χ0v) is 10.7. The van der Waals surface area contributed by atoms with Crippen LogP contribution in [0.3, 0.4) is 0 Å². The highest BCUT2D eigenvalue weighted by Gasteiger charge is 2.14. The summed E-state index contributed by atoms with van der Waals surface area (Å²) in [4.78, 5) is 0. The summed E-state index contributed by atoms with van der Waals surface area (Å²) >= 11 is 0. The molecule has 18 heavy (non-hydrogen) atoms. The number of hydrogen-bond acceptors (Lipinski definition) is 3. The quantitative estimate of drug-likeness (QED) is 0.886. The van der Waals surface area contributed by atoms with E-state index >= 15 is 0 Å². The minimum atomic E-state index is 0.845. The number of aromatic nitrogens is 3. The average Bonchev–Trinajstić information content (AvgIpc) is 2.81. The molecule has 2 heterocycles. The zero-order chi connectivity index (χ0) is 12.4. The number of fused-ring (bicyclic) bond motifs is 1. The van der Waals surface area contributed by atoms with Crippen LogP contribution in [0.2, 0.25) is 0 Å². The van der Waals surface area contributed by atoms with Crippen LogP contribution in [-0.4, -0.2) is 21.3 Å². The summed E-state index contributed by atoms with van der Waals surface area (Å²) in [5, 5.41) is 11.9. The smallest absolute Gasteiger partial charge is 0.147 e. The van der Waals surface area contributed by atoms with Crippen molar-refractivity contribution < 1.29 is 0 Å². The first-order valence-corrected chi connectivity index (χ1v) is 6.51. The predicted molar refractivity (Wildman–Crippen MR) is 70.3 cm³/mol. The second-order valence-electron chi connectivity index (χ2n) is 4.79. The van der Waals surface area contributed by atoms with E-state index < -0.39 is 0 Å². The normalized spacial score (nSPS) is 14.5. The first-order chi connectivity index (χ1) is 8.84. The molecule has 3 rings (SSSR count). The van der Waals surface area contributed by atoms with Crippen molar-refractivity contribution in [3.63, 3.8) is 0 Å². The van der Waals surface area contributed by atoms with Gasteiger partial charge in [-0.1, -0.05) is 24.3 Å². The van der Waals surface area contributed by atoms with Crippen LogP contribution in [0.25, 0.3) is 0 Å². The van der Waals surface area contributed by atoms with Gasteiger partial charge in [-0.05, 0) is 24.5 Å². The number of benzene rings is 1. The summed E-state index contributed by atoms with van der Waals surface area (Å²) in [6.45, 7) is 5.02. The number of nitrogens with one attached hydrogen (secondary N) is 1. The maximum absolute atomic E-state index is 4.32. The van der Waals surface area contributed by atoms with Crippen molar-refractivity contribution in [3.8, 4) is 0 Å². The highest BCUT2D eigenvalue weighted by atomic mass is 15.3. The van der Waals surface area contributed by atoms with E-state index in [1.54, 1.807) is 0 Å². The largest absolute Gasteiger partial charge is 0.313 e. The molecule has 2 aromatic rings. The van der Waals surface area contributed by atoms with Crippen LogP contribution < -0.4 is 5.32 Å². The SMILES string of the molecule is Cc1ccccc1CCc1nnc2n1CCNC2. The van der Waals surface area contributed by atoms with Crippen LogP contribution in [-0.2, 0) is 25.9 Å². The lowest BCUT2D eigenvalue weighted by atomic mass is 10.0. The Labute approximate surface area is 107 Å². The fraction of sp³-hybridized carbons (Fsp3) is 0.429. The Morgan fingerprint density at radius 3 is 3.00 bits per heavy atom. The van der Waals surface area contributed by atoms with Gasteiger partial charge in [-0.2, -0.15) is 0 Å². The van der Waals surface area contributed by atoms with Gasteiger partial charge >= 0.3 is 0 Å². The average molecular weight is 242 g/mol. The van der Waals surface area contributed by atoms with Crippen molar-refractivity contribution in [1.29, 1.82) is 0 Å². The van der Waals surface area contributed by atoms with E-state index in [2.05, 4.69) is 51.3 Å². The number of nitrogens with zero attached hydrogens (tertiary/aromatic N) is 3. The minimum Gasteiger partial charge on any atom is -0.313 e. The van der Waals surface area contributed by atoms with Crippen molar-refractivity contribution in [3.05, 3.63) is 47.0 Å². The van der Waals surface area contributed by atoms with E-state index in [1.807, 2.05) is 0 Å². The Hall–Kier alpha value is -1.68. The zero-order valence-electron chi connectivity index (χ0n) is 10.7. The number of rotatable bonds is 3. The minimum absolute atomic E-state index is 0.845. The third-order valence-corrected chi connectivity index (χ3v) is 3.58.